The van der Waals surface area contributed by atoms with E-state index in [0.29, 0.717) is 12.1 Å². The maximum atomic E-state index is 12.2. The van der Waals surface area contributed by atoms with Crippen molar-refractivity contribution < 1.29 is 14.7 Å². The molecule has 0 aliphatic carbocycles. The second-order valence-corrected chi connectivity index (χ2v) is 5.50. The van der Waals surface area contributed by atoms with Crippen LogP contribution < -0.4 is 0 Å². The summed E-state index contributed by atoms with van der Waals surface area (Å²) in [5.41, 5.74) is 0.730. The lowest BCUT2D eigenvalue weighted by atomic mass is 10.0. The Balaban J connectivity index is 2.06. The van der Waals surface area contributed by atoms with Gasteiger partial charge >= 0.3 is 5.97 Å². The van der Waals surface area contributed by atoms with Gasteiger partial charge in [-0.3, -0.25) is 4.79 Å². The van der Waals surface area contributed by atoms with Crippen LogP contribution in [-0.2, 0) is 17.8 Å². The van der Waals surface area contributed by atoms with Crippen LogP contribution in [0.25, 0.3) is 0 Å². The molecule has 4 nitrogen and oxygen atoms in total. The zero-order valence-electron chi connectivity index (χ0n) is 11.1. The van der Waals surface area contributed by atoms with E-state index in [1.165, 1.54) is 6.07 Å². The van der Waals surface area contributed by atoms with Gasteiger partial charge in [-0.05, 0) is 23.1 Å². The van der Waals surface area contributed by atoms with E-state index in [1.807, 2.05) is 17.5 Å². The summed E-state index contributed by atoms with van der Waals surface area (Å²) >= 11 is 1.60. The molecule has 0 bridgehead atoms. The van der Waals surface area contributed by atoms with Gasteiger partial charge in [0, 0.05) is 11.9 Å². The summed E-state index contributed by atoms with van der Waals surface area (Å²) in [6.45, 7) is 0.547. The molecule has 1 amide bonds. The highest BCUT2D eigenvalue weighted by atomic mass is 32.1. The number of carboxylic acids is 1. The van der Waals surface area contributed by atoms with Gasteiger partial charge in [0.1, 0.15) is 0 Å². The Hall–Kier alpha value is -2.14. The first kappa shape index (κ1) is 14.3. The number of likely N-dealkylation sites (N-methyl/N-ethyl adjacent to an activating group) is 1. The van der Waals surface area contributed by atoms with Crippen LogP contribution in [0.15, 0.2) is 41.8 Å². The Bertz CT molecular complexity index is 607. The van der Waals surface area contributed by atoms with Crippen LogP contribution in [0.1, 0.15) is 20.8 Å². The van der Waals surface area contributed by atoms with Crippen LogP contribution in [0.3, 0.4) is 0 Å². The van der Waals surface area contributed by atoms with Crippen LogP contribution in [-0.4, -0.2) is 28.9 Å². The number of thiophene rings is 1. The van der Waals surface area contributed by atoms with Gasteiger partial charge < -0.3 is 10.0 Å². The zero-order chi connectivity index (χ0) is 14.5. The molecule has 2 rings (SSSR count). The second kappa shape index (κ2) is 6.34. The number of hydrogen-bond donors (Lipinski definition) is 1. The van der Waals surface area contributed by atoms with Crippen LogP contribution in [0.2, 0.25) is 0 Å². The quantitative estimate of drug-likeness (QED) is 0.920. The number of nitrogens with zero attached hydrogens (tertiary/aromatic N) is 1. The Kier molecular flexibility index (Phi) is 4.53. The zero-order valence-corrected chi connectivity index (χ0v) is 11.9. The third-order valence-corrected chi connectivity index (χ3v) is 3.85. The van der Waals surface area contributed by atoms with Gasteiger partial charge in [-0.15, -0.1) is 11.3 Å². The number of aromatic carboxylic acids is 1. The average molecular weight is 289 g/mol. The minimum Gasteiger partial charge on any atom is -0.478 e. The monoisotopic (exact) mass is 289 g/mol. The lowest BCUT2D eigenvalue weighted by Gasteiger charge is -2.16. The molecule has 0 saturated carbocycles. The van der Waals surface area contributed by atoms with E-state index in [2.05, 4.69) is 0 Å². The molecule has 20 heavy (non-hydrogen) atoms. The highest BCUT2D eigenvalue weighted by molar-refractivity contribution is 7.09. The van der Waals surface area contributed by atoms with E-state index in [-0.39, 0.29) is 17.9 Å². The highest BCUT2D eigenvalue weighted by Crippen LogP contribution is 2.14. The maximum Gasteiger partial charge on any atom is 0.335 e. The Morgan fingerprint density at radius 2 is 1.95 bits per heavy atom. The van der Waals surface area contributed by atoms with Gasteiger partial charge in [-0.1, -0.05) is 24.3 Å². The van der Waals surface area contributed by atoms with Gasteiger partial charge in [0.2, 0.25) is 5.91 Å². The van der Waals surface area contributed by atoms with Crippen molar-refractivity contribution in [3.05, 3.63) is 57.8 Å². The van der Waals surface area contributed by atoms with Crippen LogP contribution in [0.5, 0.6) is 0 Å². The summed E-state index contributed by atoms with van der Waals surface area (Å²) in [5, 5.41) is 11.1. The van der Waals surface area contributed by atoms with Crippen molar-refractivity contribution in [3.8, 4) is 0 Å². The van der Waals surface area contributed by atoms with Crippen molar-refractivity contribution >= 4 is 23.2 Å². The van der Waals surface area contributed by atoms with Gasteiger partial charge in [0.25, 0.3) is 0 Å². The molecule has 1 aromatic carbocycles. The first-order valence-corrected chi connectivity index (χ1v) is 7.03. The molecule has 0 fully saturated rings. The smallest absolute Gasteiger partial charge is 0.335 e. The third kappa shape index (κ3) is 3.45. The Labute approximate surface area is 121 Å². The summed E-state index contributed by atoms with van der Waals surface area (Å²) in [4.78, 5) is 26.0. The Morgan fingerprint density at radius 3 is 2.60 bits per heavy atom. The Morgan fingerprint density at radius 1 is 1.20 bits per heavy atom. The van der Waals surface area contributed by atoms with Crippen molar-refractivity contribution in [2.75, 3.05) is 7.05 Å². The molecular weight excluding hydrogens is 274 g/mol. The van der Waals surface area contributed by atoms with E-state index in [4.69, 9.17) is 5.11 Å². The predicted octanol–water partition coefficient (Wildman–Crippen LogP) is 2.65. The number of carbonyl (C=O) groups excluding carboxylic acids is 1. The largest absolute Gasteiger partial charge is 0.478 e. The number of rotatable bonds is 5. The normalized spacial score (nSPS) is 10.2. The number of hydrogen-bond acceptors (Lipinski definition) is 3. The lowest BCUT2D eigenvalue weighted by molar-refractivity contribution is -0.129. The van der Waals surface area contributed by atoms with Crippen molar-refractivity contribution in [2.24, 2.45) is 0 Å². The fourth-order valence-electron chi connectivity index (χ4n) is 1.91. The standard InChI is InChI=1S/C15H15NO3S/c1-16(10-12-6-4-8-20-12)14(17)9-11-5-2-3-7-13(11)15(18)19/h2-8H,9-10H2,1H3,(H,18,19). The summed E-state index contributed by atoms with van der Waals surface area (Å²) in [5.74, 6) is -1.10. The molecule has 0 saturated heterocycles. The summed E-state index contributed by atoms with van der Waals surface area (Å²) in [6, 6.07) is 10.5. The molecule has 1 heterocycles. The first-order chi connectivity index (χ1) is 9.58. The fraction of sp³-hybridized carbons (Fsp3) is 0.200. The fourth-order valence-corrected chi connectivity index (χ4v) is 2.66. The molecule has 0 aliphatic rings. The molecular formula is C15H15NO3S. The number of amides is 1. The van der Waals surface area contributed by atoms with E-state index in [1.54, 1.807) is 41.5 Å². The van der Waals surface area contributed by atoms with E-state index >= 15 is 0 Å². The van der Waals surface area contributed by atoms with E-state index < -0.39 is 5.97 Å². The summed E-state index contributed by atoms with van der Waals surface area (Å²) in [6.07, 6.45) is 0.102. The molecule has 0 unspecified atom stereocenters. The topological polar surface area (TPSA) is 57.6 Å². The first-order valence-electron chi connectivity index (χ1n) is 6.15. The van der Waals surface area contributed by atoms with Crippen LogP contribution >= 0.6 is 11.3 Å². The van der Waals surface area contributed by atoms with Gasteiger partial charge in [-0.2, -0.15) is 0 Å². The molecule has 0 atom stereocenters. The molecule has 1 aromatic heterocycles. The average Bonchev–Trinajstić information content (AvgIpc) is 2.91. The second-order valence-electron chi connectivity index (χ2n) is 4.47. The van der Waals surface area contributed by atoms with Gasteiger partial charge in [0.05, 0.1) is 18.5 Å². The van der Waals surface area contributed by atoms with Crippen molar-refractivity contribution in [2.45, 2.75) is 13.0 Å². The van der Waals surface area contributed by atoms with Crippen molar-refractivity contribution in [3.63, 3.8) is 0 Å². The number of carbonyl (C=O) groups is 2. The van der Waals surface area contributed by atoms with Gasteiger partial charge in [-0.25, -0.2) is 4.79 Å². The molecule has 0 spiro atoms. The van der Waals surface area contributed by atoms with E-state index in [0.717, 1.165) is 4.88 Å². The lowest BCUT2D eigenvalue weighted by Crippen LogP contribution is -2.27. The molecule has 1 N–H and O–H groups in total. The van der Waals surface area contributed by atoms with Crippen LogP contribution in [0.4, 0.5) is 0 Å². The minimum absolute atomic E-state index is 0.0906. The number of carboxylic acid groups (broad SMARTS) is 1. The van der Waals surface area contributed by atoms with Crippen molar-refractivity contribution in [1.82, 2.24) is 4.90 Å². The maximum absolute atomic E-state index is 12.2. The van der Waals surface area contributed by atoms with Gasteiger partial charge in [0.15, 0.2) is 0 Å². The summed E-state index contributed by atoms with van der Waals surface area (Å²) < 4.78 is 0. The van der Waals surface area contributed by atoms with Crippen LogP contribution in [0, 0.1) is 0 Å². The molecule has 5 heteroatoms. The molecule has 104 valence electrons. The predicted molar refractivity (Wildman–Crippen MR) is 77.9 cm³/mol. The minimum atomic E-state index is -1.01. The van der Waals surface area contributed by atoms with Crippen molar-refractivity contribution in [1.29, 1.82) is 0 Å². The summed E-state index contributed by atoms with van der Waals surface area (Å²) in [7, 11) is 1.73. The SMILES string of the molecule is CN(Cc1cccs1)C(=O)Cc1ccccc1C(=O)O. The van der Waals surface area contributed by atoms with E-state index in [9.17, 15) is 9.59 Å². The molecule has 2 aromatic rings. The molecule has 0 radical (unpaired) electrons. The molecule has 0 aliphatic heterocycles. The highest BCUT2D eigenvalue weighted by Gasteiger charge is 2.15. The number of benzene rings is 1. The third-order valence-electron chi connectivity index (χ3n) is 2.99.